The third-order valence-electron chi connectivity index (χ3n) is 2.81. The summed E-state index contributed by atoms with van der Waals surface area (Å²) in [5, 5.41) is 8.85. The molecule has 0 saturated carbocycles. The number of carboxylic acids is 1. The van der Waals surface area contributed by atoms with Gasteiger partial charge in [-0.15, -0.1) is 0 Å². The van der Waals surface area contributed by atoms with Crippen LogP contribution >= 0.6 is 15.9 Å². The summed E-state index contributed by atoms with van der Waals surface area (Å²) in [6, 6.07) is 6.89. The van der Waals surface area contributed by atoms with Crippen molar-refractivity contribution in [3.05, 3.63) is 28.7 Å². The van der Waals surface area contributed by atoms with Crippen molar-refractivity contribution in [3.8, 4) is 5.75 Å². The zero-order chi connectivity index (χ0) is 13.1. The zero-order valence-corrected chi connectivity index (χ0v) is 11.1. The Balaban J connectivity index is 1.93. The standard InChI is InChI=1S/C12H12BrNO4/c13-9-1-3-10(4-2-9)18-12(17)14-6-5-8(7-14)11(15)16/h1-4,8H,5-7H2,(H,15,16). The van der Waals surface area contributed by atoms with Gasteiger partial charge in [0.2, 0.25) is 0 Å². The summed E-state index contributed by atoms with van der Waals surface area (Å²) in [4.78, 5) is 24.0. The van der Waals surface area contributed by atoms with Gasteiger partial charge >= 0.3 is 12.1 Å². The number of ether oxygens (including phenoxy) is 1. The molecule has 0 radical (unpaired) electrons. The Morgan fingerprint density at radius 2 is 2.00 bits per heavy atom. The molecule has 1 atom stereocenters. The van der Waals surface area contributed by atoms with E-state index in [4.69, 9.17) is 9.84 Å². The van der Waals surface area contributed by atoms with Gasteiger partial charge in [-0.1, -0.05) is 15.9 Å². The SMILES string of the molecule is O=C(O)C1CCN(C(=O)Oc2ccc(Br)cc2)C1. The van der Waals surface area contributed by atoms with Crippen LogP contribution in [0.3, 0.4) is 0 Å². The molecular weight excluding hydrogens is 302 g/mol. The first-order valence-electron chi connectivity index (χ1n) is 5.51. The molecule has 2 rings (SSSR count). The van der Waals surface area contributed by atoms with Crippen molar-refractivity contribution in [1.82, 2.24) is 4.90 Å². The van der Waals surface area contributed by atoms with Crippen molar-refractivity contribution in [2.75, 3.05) is 13.1 Å². The average Bonchev–Trinajstić information content (AvgIpc) is 2.81. The van der Waals surface area contributed by atoms with Crippen LogP contribution in [0, 0.1) is 5.92 Å². The van der Waals surface area contributed by atoms with Gasteiger partial charge in [-0.3, -0.25) is 4.79 Å². The minimum absolute atomic E-state index is 0.213. The monoisotopic (exact) mass is 313 g/mol. The summed E-state index contributed by atoms with van der Waals surface area (Å²) in [5.74, 6) is -0.904. The van der Waals surface area contributed by atoms with Crippen molar-refractivity contribution in [1.29, 1.82) is 0 Å². The molecule has 0 aliphatic carbocycles. The highest BCUT2D eigenvalue weighted by Gasteiger charge is 2.31. The van der Waals surface area contributed by atoms with Gasteiger partial charge in [0, 0.05) is 17.6 Å². The summed E-state index contributed by atoms with van der Waals surface area (Å²) < 4.78 is 6.05. The Morgan fingerprint density at radius 1 is 1.33 bits per heavy atom. The second-order valence-corrected chi connectivity index (χ2v) is 5.01. The quantitative estimate of drug-likeness (QED) is 0.910. The molecule has 0 spiro atoms. The lowest BCUT2D eigenvalue weighted by Crippen LogP contribution is -2.32. The molecule has 0 bridgehead atoms. The summed E-state index contributed by atoms with van der Waals surface area (Å²) in [6.45, 7) is 0.636. The Bertz CT molecular complexity index is 460. The van der Waals surface area contributed by atoms with Crippen LogP contribution < -0.4 is 4.74 Å². The Kier molecular flexibility index (Phi) is 3.86. The predicted octanol–water partition coefficient (Wildman–Crippen LogP) is 2.35. The van der Waals surface area contributed by atoms with E-state index in [1.165, 1.54) is 4.90 Å². The maximum absolute atomic E-state index is 11.8. The van der Waals surface area contributed by atoms with Crippen LogP contribution in [0.25, 0.3) is 0 Å². The topological polar surface area (TPSA) is 66.8 Å². The Labute approximate surface area is 112 Å². The van der Waals surface area contributed by atoms with Crippen LogP contribution in [0.2, 0.25) is 0 Å². The first-order chi connectivity index (χ1) is 8.56. The summed E-state index contributed by atoms with van der Waals surface area (Å²) in [5.41, 5.74) is 0. The molecular formula is C12H12BrNO4. The number of halogens is 1. The zero-order valence-electron chi connectivity index (χ0n) is 9.51. The fourth-order valence-electron chi connectivity index (χ4n) is 1.80. The molecule has 0 aromatic heterocycles. The Morgan fingerprint density at radius 3 is 2.56 bits per heavy atom. The molecule has 6 heteroatoms. The van der Waals surface area contributed by atoms with E-state index in [-0.39, 0.29) is 6.54 Å². The number of aliphatic carboxylic acids is 1. The second kappa shape index (κ2) is 5.39. The van der Waals surface area contributed by atoms with Crippen LogP contribution in [-0.4, -0.2) is 35.2 Å². The van der Waals surface area contributed by atoms with E-state index < -0.39 is 18.0 Å². The molecule has 1 unspecified atom stereocenters. The predicted molar refractivity (Wildman–Crippen MR) is 67.5 cm³/mol. The van der Waals surface area contributed by atoms with E-state index in [0.717, 1.165) is 4.47 Å². The molecule has 1 aliphatic rings. The number of carbonyl (C=O) groups excluding carboxylic acids is 1. The largest absolute Gasteiger partial charge is 0.481 e. The lowest BCUT2D eigenvalue weighted by Gasteiger charge is -2.15. The van der Waals surface area contributed by atoms with Crippen molar-refractivity contribution in [2.45, 2.75) is 6.42 Å². The lowest BCUT2D eigenvalue weighted by molar-refractivity contribution is -0.141. The smallest absolute Gasteiger partial charge is 0.415 e. The van der Waals surface area contributed by atoms with Gasteiger partial charge in [0.15, 0.2) is 0 Å². The van der Waals surface area contributed by atoms with Gasteiger partial charge in [-0.2, -0.15) is 0 Å². The van der Waals surface area contributed by atoms with Crippen molar-refractivity contribution in [2.24, 2.45) is 5.92 Å². The van der Waals surface area contributed by atoms with Crippen LogP contribution in [0.15, 0.2) is 28.7 Å². The number of carbonyl (C=O) groups is 2. The fraction of sp³-hybridized carbons (Fsp3) is 0.333. The maximum Gasteiger partial charge on any atom is 0.415 e. The van der Waals surface area contributed by atoms with E-state index in [9.17, 15) is 9.59 Å². The molecule has 18 heavy (non-hydrogen) atoms. The third-order valence-corrected chi connectivity index (χ3v) is 3.34. The number of carboxylic acid groups (broad SMARTS) is 1. The average molecular weight is 314 g/mol. The van der Waals surface area contributed by atoms with E-state index in [1.54, 1.807) is 24.3 Å². The third kappa shape index (κ3) is 3.01. The molecule has 1 aromatic rings. The van der Waals surface area contributed by atoms with Crippen molar-refractivity contribution in [3.63, 3.8) is 0 Å². The van der Waals surface area contributed by atoms with Crippen molar-refractivity contribution >= 4 is 28.0 Å². The number of likely N-dealkylation sites (tertiary alicyclic amines) is 1. The highest BCUT2D eigenvalue weighted by atomic mass is 79.9. The minimum Gasteiger partial charge on any atom is -0.481 e. The number of amides is 1. The number of nitrogens with zero attached hydrogens (tertiary/aromatic N) is 1. The van der Waals surface area contributed by atoms with Crippen LogP contribution in [0.4, 0.5) is 4.79 Å². The number of hydrogen-bond acceptors (Lipinski definition) is 3. The highest BCUT2D eigenvalue weighted by molar-refractivity contribution is 9.10. The van der Waals surface area contributed by atoms with Gasteiger partial charge < -0.3 is 14.7 Å². The van der Waals surface area contributed by atoms with Crippen LogP contribution in [-0.2, 0) is 4.79 Å². The highest BCUT2D eigenvalue weighted by Crippen LogP contribution is 2.20. The van der Waals surface area contributed by atoms with E-state index in [0.29, 0.717) is 18.7 Å². The Hall–Kier alpha value is -1.56. The van der Waals surface area contributed by atoms with Gasteiger partial charge in [-0.25, -0.2) is 4.79 Å². The van der Waals surface area contributed by atoms with E-state index in [1.807, 2.05) is 0 Å². The molecule has 96 valence electrons. The molecule has 1 aromatic carbocycles. The number of rotatable bonds is 2. The molecule has 1 heterocycles. The van der Waals surface area contributed by atoms with Crippen molar-refractivity contribution < 1.29 is 19.4 Å². The second-order valence-electron chi connectivity index (χ2n) is 4.09. The maximum atomic E-state index is 11.8. The minimum atomic E-state index is -0.867. The molecule has 1 aliphatic heterocycles. The molecule has 1 amide bonds. The van der Waals surface area contributed by atoms with Gasteiger partial charge in [-0.05, 0) is 30.7 Å². The van der Waals surface area contributed by atoms with E-state index in [2.05, 4.69) is 15.9 Å². The molecule has 1 fully saturated rings. The van der Waals surface area contributed by atoms with Crippen LogP contribution in [0.1, 0.15) is 6.42 Å². The van der Waals surface area contributed by atoms with Gasteiger partial charge in [0.25, 0.3) is 0 Å². The summed E-state index contributed by atoms with van der Waals surface area (Å²) in [7, 11) is 0. The van der Waals surface area contributed by atoms with Gasteiger partial charge in [0.1, 0.15) is 5.75 Å². The first-order valence-corrected chi connectivity index (χ1v) is 6.30. The molecule has 5 nitrogen and oxygen atoms in total. The number of benzene rings is 1. The number of hydrogen-bond donors (Lipinski definition) is 1. The molecule has 1 saturated heterocycles. The van der Waals surface area contributed by atoms with Gasteiger partial charge in [0.05, 0.1) is 5.92 Å². The van der Waals surface area contributed by atoms with Crippen LogP contribution in [0.5, 0.6) is 5.75 Å². The fourth-order valence-corrected chi connectivity index (χ4v) is 2.06. The summed E-state index contributed by atoms with van der Waals surface area (Å²) in [6.07, 6.45) is -0.0221. The summed E-state index contributed by atoms with van der Waals surface area (Å²) >= 11 is 3.29. The lowest BCUT2D eigenvalue weighted by atomic mass is 10.1. The normalized spacial score (nSPS) is 18.7. The van der Waals surface area contributed by atoms with E-state index >= 15 is 0 Å². The first kappa shape index (κ1) is 12.9. The molecule has 1 N–H and O–H groups in total.